The zero-order valence-electron chi connectivity index (χ0n) is 12.2. The molecule has 0 atom stereocenters. The van der Waals surface area contributed by atoms with Gasteiger partial charge < -0.3 is 14.8 Å². The number of carbonyl (C=O) groups is 1. The summed E-state index contributed by atoms with van der Waals surface area (Å²) >= 11 is 0. The van der Waals surface area contributed by atoms with Gasteiger partial charge in [-0.2, -0.15) is 5.26 Å². The van der Waals surface area contributed by atoms with Gasteiger partial charge >= 0.3 is 0 Å². The van der Waals surface area contributed by atoms with Crippen LogP contribution in [-0.4, -0.2) is 24.1 Å². The summed E-state index contributed by atoms with van der Waals surface area (Å²) in [6.07, 6.45) is 3.06. The molecule has 1 aliphatic heterocycles. The minimum absolute atomic E-state index is 0.0210. The third-order valence-electron chi connectivity index (χ3n) is 3.15. The van der Waals surface area contributed by atoms with Crippen LogP contribution in [0.4, 0.5) is 5.82 Å². The maximum atomic E-state index is 12.1. The van der Waals surface area contributed by atoms with Gasteiger partial charge in [0.15, 0.2) is 11.5 Å². The number of ether oxygens (including phenoxy) is 2. The molecule has 0 radical (unpaired) electrons. The number of nitriles is 1. The van der Waals surface area contributed by atoms with Gasteiger partial charge in [0.2, 0.25) is 0 Å². The maximum Gasteiger partial charge on any atom is 0.267 e. The maximum absolute atomic E-state index is 12.1. The third kappa shape index (κ3) is 3.47. The Kier molecular flexibility index (Phi) is 4.20. The Labute approximate surface area is 133 Å². The summed E-state index contributed by atoms with van der Waals surface area (Å²) in [6, 6.07) is 12.3. The number of rotatable bonds is 3. The zero-order chi connectivity index (χ0) is 16.1. The van der Waals surface area contributed by atoms with Gasteiger partial charge in [0.25, 0.3) is 5.91 Å². The van der Waals surface area contributed by atoms with Crippen molar-refractivity contribution >= 4 is 17.8 Å². The van der Waals surface area contributed by atoms with Gasteiger partial charge in [-0.25, -0.2) is 4.98 Å². The van der Waals surface area contributed by atoms with Gasteiger partial charge in [-0.15, -0.1) is 0 Å². The molecule has 1 aromatic heterocycles. The highest BCUT2D eigenvalue weighted by Gasteiger charge is 2.13. The molecule has 1 amide bonds. The number of amides is 1. The second-order valence-corrected chi connectivity index (χ2v) is 4.74. The van der Waals surface area contributed by atoms with Crippen LogP contribution in [0, 0.1) is 11.3 Å². The van der Waals surface area contributed by atoms with Crippen LogP contribution in [0.3, 0.4) is 0 Å². The molecule has 114 valence electrons. The fourth-order valence-corrected chi connectivity index (χ4v) is 2.09. The predicted molar refractivity (Wildman–Crippen MR) is 83.9 cm³/mol. The molecule has 3 rings (SSSR count). The highest BCUT2D eigenvalue weighted by atomic mass is 16.6. The molecular formula is C17H13N3O3. The van der Waals surface area contributed by atoms with Gasteiger partial charge in [-0.3, -0.25) is 4.79 Å². The van der Waals surface area contributed by atoms with E-state index in [2.05, 4.69) is 10.3 Å². The number of aromatic nitrogens is 1. The molecule has 2 aromatic rings. The molecule has 1 N–H and O–H groups in total. The number of nitrogens with zero attached hydrogens (tertiary/aromatic N) is 2. The van der Waals surface area contributed by atoms with E-state index >= 15 is 0 Å². The molecular weight excluding hydrogens is 294 g/mol. The van der Waals surface area contributed by atoms with Crippen molar-refractivity contribution in [3.05, 3.63) is 53.7 Å². The number of carbonyl (C=O) groups excluding carboxylic acids is 1. The minimum Gasteiger partial charge on any atom is -0.486 e. The molecule has 0 spiro atoms. The van der Waals surface area contributed by atoms with Gasteiger partial charge in [-0.05, 0) is 35.9 Å². The van der Waals surface area contributed by atoms with Crippen LogP contribution in [0.5, 0.6) is 11.5 Å². The van der Waals surface area contributed by atoms with E-state index in [-0.39, 0.29) is 5.57 Å². The monoisotopic (exact) mass is 307 g/mol. The zero-order valence-corrected chi connectivity index (χ0v) is 12.2. The van der Waals surface area contributed by atoms with E-state index in [0.717, 1.165) is 0 Å². The first-order chi connectivity index (χ1) is 11.3. The summed E-state index contributed by atoms with van der Waals surface area (Å²) in [7, 11) is 0. The summed E-state index contributed by atoms with van der Waals surface area (Å²) in [4.78, 5) is 16.1. The standard InChI is InChI=1S/C17H13N3O3/c18-11-13(17(21)20-16-3-1-2-6-19-16)9-12-4-5-14-15(10-12)23-8-7-22-14/h1-6,9-10H,7-8H2,(H,19,20,21)/b13-9-. The van der Waals surface area contributed by atoms with E-state index in [9.17, 15) is 10.1 Å². The van der Waals surface area contributed by atoms with Crippen LogP contribution in [0.15, 0.2) is 48.2 Å². The summed E-state index contributed by atoms with van der Waals surface area (Å²) in [5.74, 6) is 1.14. The lowest BCUT2D eigenvalue weighted by Gasteiger charge is -2.18. The predicted octanol–water partition coefficient (Wildman–Crippen LogP) is 2.40. The van der Waals surface area contributed by atoms with E-state index in [1.165, 1.54) is 6.08 Å². The van der Waals surface area contributed by atoms with Crippen molar-refractivity contribution in [3.63, 3.8) is 0 Å². The van der Waals surface area contributed by atoms with Gasteiger partial charge in [0, 0.05) is 6.20 Å². The topological polar surface area (TPSA) is 84.2 Å². The molecule has 0 saturated heterocycles. The Morgan fingerprint density at radius 1 is 1.22 bits per heavy atom. The van der Waals surface area contributed by atoms with Crippen molar-refractivity contribution in [1.29, 1.82) is 5.26 Å². The lowest BCUT2D eigenvalue weighted by molar-refractivity contribution is -0.112. The van der Waals surface area contributed by atoms with Crippen molar-refractivity contribution in [2.45, 2.75) is 0 Å². The number of pyridine rings is 1. The van der Waals surface area contributed by atoms with E-state index < -0.39 is 5.91 Å². The number of hydrogen-bond acceptors (Lipinski definition) is 5. The van der Waals surface area contributed by atoms with Crippen LogP contribution in [0.2, 0.25) is 0 Å². The molecule has 0 bridgehead atoms. The van der Waals surface area contributed by atoms with Crippen molar-refractivity contribution in [2.24, 2.45) is 0 Å². The fourth-order valence-electron chi connectivity index (χ4n) is 2.09. The average molecular weight is 307 g/mol. The first-order valence-electron chi connectivity index (χ1n) is 7.00. The molecule has 1 aliphatic rings. The number of hydrogen-bond donors (Lipinski definition) is 1. The Morgan fingerprint density at radius 3 is 2.78 bits per heavy atom. The van der Waals surface area contributed by atoms with Crippen molar-refractivity contribution in [1.82, 2.24) is 4.98 Å². The highest BCUT2D eigenvalue weighted by Crippen LogP contribution is 2.31. The Balaban J connectivity index is 1.81. The summed E-state index contributed by atoms with van der Waals surface area (Å²) in [5, 5.41) is 11.8. The molecule has 23 heavy (non-hydrogen) atoms. The second-order valence-electron chi connectivity index (χ2n) is 4.74. The number of anilines is 1. The lowest BCUT2D eigenvalue weighted by atomic mass is 10.1. The molecule has 0 aliphatic carbocycles. The summed E-state index contributed by atoms with van der Waals surface area (Å²) in [6.45, 7) is 0.990. The summed E-state index contributed by atoms with van der Waals surface area (Å²) in [5.41, 5.74) is 0.661. The van der Waals surface area contributed by atoms with Crippen LogP contribution in [-0.2, 0) is 4.79 Å². The molecule has 6 nitrogen and oxygen atoms in total. The van der Waals surface area contributed by atoms with Crippen molar-refractivity contribution in [2.75, 3.05) is 18.5 Å². The SMILES string of the molecule is N#C/C(=C/c1ccc2c(c1)OCCO2)C(=O)Nc1ccccn1. The lowest BCUT2D eigenvalue weighted by Crippen LogP contribution is -2.15. The van der Waals surface area contributed by atoms with E-state index in [1.807, 2.05) is 6.07 Å². The molecule has 6 heteroatoms. The van der Waals surface area contributed by atoms with Gasteiger partial charge in [0.05, 0.1) is 0 Å². The number of benzene rings is 1. The second kappa shape index (κ2) is 6.62. The molecule has 0 saturated carbocycles. The fraction of sp³-hybridized carbons (Fsp3) is 0.118. The Morgan fingerprint density at radius 2 is 2.04 bits per heavy atom. The van der Waals surface area contributed by atoms with Crippen molar-refractivity contribution < 1.29 is 14.3 Å². The average Bonchev–Trinajstić information content (AvgIpc) is 2.60. The number of nitrogens with one attached hydrogen (secondary N) is 1. The summed E-state index contributed by atoms with van der Waals surface area (Å²) < 4.78 is 10.9. The molecule has 2 heterocycles. The molecule has 1 aromatic carbocycles. The Hall–Kier alpha value is -3.33. The van der Waals surface area contributed by atoms with E-state index in [4.69, 9.17) is 9.47 Å². The molecule has 0 fully saturated rings. The normalized spacial score (nSPS) is 13.1. The Bertz CT molecular complexity index is 794. The largest absolute Gasteiger partial charge is 0.486 e. The quantitative estimate of drug-likeness (QED) is 0.695. The van der Waals surface area contributed by atoms with Gasteiger partial charge in [-0.1, -0.05) is 12.1 Å². The smallest absolute Gasteiger partial charge is 0.267 e. The molecule has 0 unspecified atom stereocenters. The first-order valence-corrected chi connectivity index (χ1v) is 7.00. The minimum atomic E-state index is -0.513. The van der Waals surface area contributed by atoms with E-state index in [1.54, 1.807) is 42.6 Å². The first kappa shape index (κ1) is 14.6. The van der Waals surface area contributed by atoms with Crippen LogP contribution >= 0.6 is 0 Å². The highest BCUT2D eigenvalue weighted by molar-refractivity contribution is 6.09. The van der Waals surface area contributed by atoms with E-state index in [0.29, 0.717) is 36.1 Å². The van der Waals surface area contributed by atoms with Crippen LogP contribution < -0.4 is 14.8 Å². The van der Waals surface area contributed by atoms with Crippen LogP contribution in [0.25, 0.3) is 6.08 Å². The van der Waals surface area contributed by atoms with Crippen molar-refractivity contribution in [3.8, 4) is 17.6 Å². The van der Waals surface area contributed by atoms with Crippen LogP contribution in [0.1, 0.15) is 5.56 Å². The van der Waals surface area contributed by atoms with Gasteiger partial charge in [0.1, 0.15) is 30.7 Å². The number of fused-ring (bicyclic) bond motifs is 1. The third-order valence-corrected chi connectivity index (χ3v) is 3.15.